The van der Waals surface area contributed by atoms with E-state index in [1.807, 2.05) is 18.2 Å². The van der Waals surface area contributed by atoms with Crippen molar-refractivity contribution in [1.82, 2.24) is 4.98 Å². The topological polar surface area (TPSA) is 12.9 Å². The van der Waals surface area contributed by atoms with Crippen molar-refractivity contribution in [2.75, 3.05) is 0 Å². The number of hydrogen-bond acceptors (Lipinski definition) is 1. The Hall–Kier alpha value is -1.89. The number of hydrogen-bond donors (Lipinski definition) is 0. The lowest BCUT2D eigenvalue weighted by Crippen LogP contribution is -1.81. The van der Waals surface area contributed by atoms with Crippen LogP contribution >= 0.6 is 0 Å². The molecule has 0 bridgehead atoms. The summed E-state index contributed by atoms with van der Waals surface area (Å²) < 4.78 is 0. The quantitative estimate of drug-likeness (QED) is 0.496. The summed E-state index contributed by atoms with van der Waals surface area (Å²) in [6.45, 7) is 2.23. The van der Waals surface area contributed by atoms with Crippen LogP contribution in [0.1, 0.15) is 38.3 Å². The molecule has 0 aliphatic heterocycles. The molecule has 2 rings (SSSR count). The van der Waals surface area contributed by atoms with Crippen LogP contribution in [0, 0.1) is 0 Å². The van der Waals surface area contributed by atoms with Crippen molar-refractivity contribution in [1.29, 1.82) is 0 Å². The number of aromatic nitrogens is 1. The predicted octanol–water partition coefficient (Wildman–Crippen LogP) is 5.38. The number of nitrogens with zero attached hydrogens (tertiary/aromatic N) is 1. The van der Waals surface area contributed by atoms with Gasteiger partial charge in [-0.15, -0.1) is 0 Å². The largest absolute Gasteiger partial charge is 0.248 e. The molecule has 1 aromatic heterocycles. The molecule has 0 N–H and O–H groups in total. The molecule has 2 aromatic rings. The highest BCUT2D eigenvalue weighted by atomic mass is 14.7. The smallest absolute Gasteiger partial charge is 0.0709 e. The van der Waals surface area contributed by atoms with E-state index in [2.05, 4.69) is 54.4 Å². The van der Waals surface area contributed by atoms with Gasteiger partial charge in [0, 0.05) is 5.39 Å². The third-order valence-electron chi connectivity index (χ3n) is 3.11. The van der Waals surface area contributed by atoms with Crippen LogP contribution in [0.2, 0.25) is 0 Å². The lowest BCUT2D eigenvalue weighted by atomic mass is 10.2. The Kier molecular flexibility index (Phi) is 5.36. The fourth-order valence-corrected chi connectivity index (χ4v) is 2.02. The van der Waals surface area contributed by atoms with Gasteiger partial charge in [-0.1, -0.05) is 62.3 Å². The second kappa shape index (κ2) is 7.52. The van der Waals surface area contributed by atoms with E-state index in [4.69, 9.17) is 0 Å². The number of benzene rings is 1. The van der Waals surface area contributed by atoms with Crippen LogP contribution in [0.5, 0.6) is 0 Å². The zero-order chi connectivity index (χ0) is 13.3. The van der Waals surface area contributed by atoms with Crippen molar-refractivity contribution < 1.29 is 0 Å². The first-order chi connectivity index (χ1) is 9.40. The Bertz CT molecular complexity index is 567. The Morgan fingerprint density at radius 2 is 1.89 bits per heavy atom. The molecular weight excluding hydrogens is 230 g/mol. The summed E-state index contributed by atoms with van der Waals surface area (Å²) in [6.07, 6.45) is 13.5. The Morgan fingerprint density at radius 1 is 1.00 bits per heavy atom. The molecule has 98 valence electrons. The number of fused-ring (bicyclic) bond motifs is 1. The fraction of sp³-hybridized carbons (Fsp3) is 0.278. The molecule has 1 nitrogen and oxygen atoms in total. The van der Waals surface area contributed by atoms with E-state index in [-0.39, 0.29) is 0 Å². The van der Waals surface area contributed by atoms with Crippen LogP contribution in [0.3, 0.4) is 0 Å². The number of unbranched alkanes of at least 4 members (excludes halogenated alkanes) is 3. The maximum absolute atomic E-state index is 4.60. The van der Waals surface area contributed by atoms with E-state index in [1.54, 1.807) is 0 Å². The van der Waals surface area contributed by atoms with Gasteiger partial charge in [0.1, 0.15) is 0 Å². The van der Waals surface area contributed by atoms with Gasteiger partial charge in [-0.2, -0.15) is 0 Å². The second-order valence-electron chi connectivity index (χ2n) is 4.71. The van der Waals surface area contributed by atoms with E-state index in [9.17, 15) is 0 Å². The fourth-order valence-electron chi connectivity index (χ4n) is 2.02. The number of pyridine rings is 1. The molecule has 19 heavy (non-hydrogen) atoms. The first kappa shape index (κ1) is 13.5. The normalized spacial score (nSPS) is 11.8. The lowest BCUT2D eigenvalue weighted by molar-refractivity contribution is 0.729. The van der Waals surface area contributed by atoms with Gasteiger partial charge in [-0.3, -0.25) is 0 Å². The molecule has 0 amide bonds. The molecule has 1 aromatic carbocycles. The maximum Gasteiger partial charge on any atom is 0.0709 e. The monoisotopic (exact) mass is 251 g/mol. The van der Waals surface area contributed by atoms with Gasteiger partial charge >= 0.3 is 0 Å². The summed E-state index contributed by atoms with van der Waals surface area (Å²) in [5.41, 5.74) is 2.06. The van der Waals surface area contributed by atoms with Gasteiger partial charge < -0.3 is 0 Å². The first-order valence-corrected chi connectivity index (χ1v) is 7.09. The second-order valence-corrected chi connectivity index (χ2v) is 4.71. The maximum atomic E-state index is 4.60. The highest BCUT2D eigenvalue weighted by molar-refractivity contribution is 5.79. The zero-order valence-electron chi connectivity index (χ0n) is 11.5. The van der Waals surface area contributed by atoms with Crippen LogP contribution in [-0.2, 0) is 0 Å². The van der Waals surface area contributed by atoms with E-state index < -0.39 is 0 Å². The van der Waals surface area contributed by atoms with E-state index in [0.717, 1.165) is 11.2 Å². The van der Waals surface area contributed by atoms with Gasteiger partial charge in [0.2, 0.25) is 0 Å². The number of para-hydroxylation sites is 1. The minimum Gasteiger partial charge on any atom is -0.248 e. The molecule has 0 spiro atoms. The summed E-state index contributed by atoms with van der Waals surface area (Å²) in [6, 6.07) is 12.4. The molecule has 0 aliphatic carbocycles. The van der Waals surface area contributed by atoms with E-state index >= 15 is 0 Å². The average Bonchev–Trinajstić information content (AvgIpc) is 2.46. The van der Waals surface area contributed by atoms with Gasteiger partial charge in [0.25, 0.3) is 0 Å². The summed E-state index contributed by atoms with van der Waals surface area (Å²) in [7, 11) is 0. The third kappa shape index (κ3) is 4.36. The number of allylic oxidation sites excluding steroid dienone is 3. The van der Waals surface area contributed by atoms with Crippen LogP contribution in [0.25, 0.3) is 17.0 Å². The summed E-state index contributed by atoms with van der Waals surface area (Å²) in [4.78, 5) is 4.60. The SMILES string of the molecule is CCCCCC=CC=Cc1ccc2ccccc2n1. The molecule has 0 saturated heterocycles. The van der Waals surface area contributed by atoms with Crippen molar-refractivity contribution in [3.05, 3.63) is 60.3 Å². The minimum absolute atomic E-state index is 1.01. The van der Waals surface area contributed by atoms with Crippen LogP contribution in [-0.4, -0.2) is 4.98 Å². The zero-order valence-corrected chi connectivity index (χ0v) is 11.5. The Balaban J connectivity index is 1.93. The molecule has 0 saturated carbocycles. The van der Waals surface area contributed by atoms with Crippen molar-refractivity contribution in [2.24, 2.45) is 0 Å². The standard InChI is InChI=1S/C18H21N/c1-2-3-4-5-6-7-8-12-17-15-14-16-11-9-10-13-18(16)19-17/h6-15H,2-5H2,1H3. The van der Waals surface area contributed by atoms with Crippen molar-refractivity contribution in [2.45, 2.75) is 32.6 Å². The molecule has 0 atom stereocenters. The van der Waals surface area contributed by atoms with Crippen molar-refractivity contribution in [3.8, 4) is 0 Å². The first-order valence-electron chi connectivity index (χ1n) is 7.09. The summed E-state index contributed by atoms with van der Waals surface area (Å²) >= 11 is 0. The molecule has 0 aliphatic rings. The minimum atomic E-state index is 1.01. The van der Waals surface area contributed by atoms with Gasteiger partial charge in [0.15, 0.2) is 0 Å². The van der Waals surface area contributed by atoms with E-state index in [0.29, 0.717) is 0 Å². The van der Waals surface area contributed by atoms with Crippen molar-refractivity contribution in [3.63, 3.8) is 0 Å². The summed E-state index contributed by atoms with van der Waals surface area (Å²) in [5.74, 6) is 0. The highest BCUT2D eigenvalue weighted by Gasteiger charge is 1.93. The molecular formula is C18H21N. The molecule has 1 heterocycles. The predicted molar refractivity (Wildman–Crippen MR) is 84.1 cm³/mol. The van der Waals surface area contributed by atoms with Gasteiger partial charge in [0.05, 0.1) is 11.2 Å². The van der Waals surface area contributed by atoms with E-state index in [1.165, 1.54) is 31.1 Å². The van der Waals surface area contributed by atoms with Crippen LogP contribution in [0.4, 0.5) is 0 Å². The van der Waals surface area contributed by atoms with Gasteiger partial charge in [-0.25, -0.2) is 4.98 Å². The molecule has 0 unspecified atom stereocenters. The van der Waals surface area contributed by atoms with Crippen LogP contribution < -0.4 is 0 Å². The summed E-state index contributed by atoms with van der Waals surface area (Å²) in [5, 5.41) is 1.19. The molecule has 0 radical (unpaired) electrons. The Labute approximate surface area is 115 Å². The lowest BCUT2D eigenvalue weighted by Gasteiger charge is -1.97. The van der Waals surface area contributed by atoms with Crippen LogP contribution in [0.15, 0.2) is 54.6 Å². The Morgan fingerprint density at radius 3 is 2.79 bits per heavy atom. The third-order valence-corrected chi connectivity index (χ3v) is 3.11. The average molecular weight is 251 g/mol. The highest BCUT2D eigenvalue weighted by Crippen LogP contribution is 2.12. The van der Waals surface area contributed by atoms with Gasteiger partial charge in [-0.05, 0) is 31.1 Å². The number of rotatable bonds is 6. The molecule has 1 heteroatoms. The molecule has 0 fully saturated rings. The van der Waals surface area contributed by atoms with Crippen molar-refractivity contribution >= 4 is 17.0 Å².